The zero-order chi connectivity index (χ0) is 10.2. The highest BCUT2D eigenvalue weighted by Crippen LogP contribution is 2.42. The molecule has 78 valence electrons. The smallest absolute Gasteiger partial charge is 0.286 e. The molecule has 5 heteroatoms. The normalized spacial score (nSPS) is 22.9. The summed E-state index contributed by atoms with van der Waals surface area (Å²) in [4.78, 5) is 0.165. The predicted octanol–water partition coefficient (Wildman–Crippen LogP) is 3.21. The van der Waals surface area contributed by atoms with Crippen LogP contribution in [-0.4, -0.2) is 13.1 Å². The van der Waals surface area contributed by atoms with E-state index in [0.717, 1.165) is 15.8 Å². The monoisotopic (exact) mass is 281 g/mol. The highest BCUT2D eigenvalue weighted by molar-refractivity contribution is 9.10. The Kier molecular flexibility index (Phi) is 2.91. The van der Waals surface area contributed by atoms with Gasteiger partial charge in [0.05, 0.1) is 4.88 Å². The summed E-state index contributed by atoms with van der Waals surface area (Å²) in [6, 6.07) is 1.52. The van der Waals surface area contributed by atoms with Gasteiger partial charge in [0, 0.05) is 22.3 Å². The van der Waals surface area contributed by atoms with Crippen LogP contribution in [0.4, 0.5) is 8.78 Å². The first-order chi connectivity index (χ1) is 6.60. The van der Waals surface area contributed by atoms with E-state index in [0.29, 0.717) is 19.5 Å². The van der Waals surface area contributed by atoms with E-state index < -0.39 is 11.8 Å². The van der Waals surface area contributed by atoms with Gasteiger partial charge >= 0.3 is 0 Å². The van der Waals surface area contributed by atoms with Gasteiger partial charge in [0.15, 0.2) is 0 Å². The number of thiophene rings is 1. The van der Waals surface area contributed by atoms with E-state index in [1.807, 2.05) is 0 Å². The molecule has 1 aromatic heterocycles. The second-order valence-electron chi connectivity index (χ2n) is 3.44. The summed E-state index contributed by atoms with van der Waals surface area (Å²) in [7, 11) is 0. The molecule has 1 aromatic rings. The lowest BCUT2D eigenvalue weighted by molar-refractivity contribution is -0.0540. The van der Waals surface area contributed by atoms with E-state index in [1.54, 1.807) is 5.38 Å². The fourth-order valence-electron chi connectivity index (χ4n) is 1.65. The van der Waals surface area contributed by atoms with Crippen LogP contribution >= 0.6 is 27.3 Å². The number of nitrogens with one attached hydrogen (secondary N) is 1. The number of hydrogen-bond acceptors (Lipinski definition) is 2. The van der Waals surface area contributed by atoms with E-state index >= 15 is 0 Å². The fourth-order valence-corrected chi connectivity index (χ4v) is 3.14. The third kappa shape index (κ3) is 1.85. The average Bonchev–Trinajstić information content (AvgIpc) is 2.72. The third-order valence-corrected chi connectivity index (χ3v) is 4.25. The first-order valence-electron chi connectivity index (χ1n) is 4.44. The number of hydrogen-bond donors (Lipinski definition) is 1. The topological polar surface area (TPSA) is 12.0 Å². The van der Waals surface area contributed by atoms with Crippen molar-refractivity contribution in [2.75, 3.05) is 13.1 Å². The van der Waals surface area contributed by atoms with Crippen molar-refractivity contribution in [3.63, 3.8) is 0 Å². The van der Waals surface area contributed by atoms with Gasteiger partial charge in [-0.05, 0) is 35.0 Å². The first kappa shape index (κ1) is 10.5. The Morgan fingerprint density at radius 2 is 2.36 bits per heavy atom. The molecule has 0 saturated carbocycles. The lowest BCUT2D eigenvalue weighted by Crippen LogP contribution is -2.26. The van der Waals surface area contributed by atoms with Crippen molar-refractivity contribution in [1.82, 2.24) is 5.32 Å². The number of alkyl halides is 2. The number of halogens is 3. The van der Waals surface area contributed by atoms with Crippen molar-refractivity contribution in [3.8, 4) is 0 Å². The molecule has 1 fully saturated rings. The molecule has 2 rings (SSSR count). The molecule has 1 unspecified atom stereocenters. The summed E-state index contributed by atoms with van der Waals surface area (Å²) < 4.78 is 28.4. The largest absolute Gasteiger partial charge is 0.316 e. The molecule has 0 spiro atoms. The van der Waals surface area contributed by atoms with Crippen molar-refractivity contribution in [2.45, 2.75) is 12.3 Å². The Labute approximate surface area is 93.6 Å². The molecule has 2 heterocycles. The van der Waals surface area contributed by atoms with Crippen LogP contribution in [0.15, 0.2) is 15.9 Å². The van der Waals surface area contributed by atoms with Gasteiger partial charge in [-0.1, -0.05) is 0 Å². The highest BCUT2D eigenvalue weighted by Gasteiger charge is 2.43. The standard InChI is InChI=1S/C9H10BrF2NS/c10-7-3-8(14-5-7)9(11,12)6-1-2-13-4-6/h3,5-6,13H,1-2,4H2. The Balaban J connectivity index is 2.22. The molecular formula is C9H10BrF2NS. The summed E-state index contributed by atoms with van der Waals surface area (Å²) in [6.45, 7) is 1.12. The maximum absolute atomic E-state index is 13.8. The summed E-state index contributed by atoms with van der Waals surface area (Å²) in [5, 5.41) is 4.67. The van der Waals surface area contributed by atoms with E-state index in [9.17, 15) is 8.78 Å². The Bertz CT molecular complexity index is 320. The molecule has 1 atom stereocenters. The zero-order valence-corrected chi connectivity index (χ0v) is 9.80. The minimum absolute atomic E-state index is 0.165. The second kappa shape index (κ2) is 3.87. The van der Waals surface area contributed by atoms with Gasteiger partial charge in [0.25, 0.3) is 5.92 Å². The van der Waals surface area contributed by atoms with Crippen molar-refractivity contribution in [3.05, 3.63) is 20.8 Å². The number of rotatable bonds is 2. The first-order valence-corrected chi connectivity index (χ1v) is 6.11. The van der Waals surface area contributed by atoms with Crippen LogP contribution in [0.5, 0.6) is 0 Å². The molecule has 0 radical (unpaired) electrons. The fraction of sp³-hybridized carbons (Fsp3) is 0.556. The summed E-state index contributed by atoms with van der Waals surface area (Å²) >= 11 is 4.31. The van der Waals surface area contributed by atoms with Crippen LogP contribution < -0.4 is 5.32 Å². The van der Waals surface area contributed by atoms with Gasteiger partial charge in [-0.3, -0.25) is 0 Å². The van der Waals surface area contributed by atoms with Gasteiger partial charge < -0.3 is 5.32 Å². The average molecular weight is 282 g/mol. The quantitative estimate of drug-likeness (QED) is 0.878. The van der Waals surface area contributed by atoms with Crippen LogP contribution in [0.3, 0.4) is 0 Å². The summed E-state index contributed by atoms with van der Waals surface area (Å²) in [6.07, 6.45) is 0.558. The molecule has 1 nitrogen and oxygen atoms in total. The molecule has 0 bridgehead atoms. The van der Waals surface area contributed by atoms with Crippen molar-refractivity contribution in [2.24, 2.45) is 5.92 Å². The van der Waals surface area contributed by atoms with E-state index in [1.165, 1.54) is 6.07 Å². The van der Waals surface area contributed by atoms with E-state index in [4.69, 9.17) is 0 Å². The van der Waals surface area contributed by atoms with Gasteiger partial charge in [0.2, 0.25) is 0 Å². The molecule has 1 saturated heterocycles. The molecule has 0 aromatic carbocycles. The SMILES string of the molecule is FC(F)(c1cc(Br)cs1)C1CCNC1. The molecule has 0 aliphatic carbocycles. The maximum Gasteiger partial charge on any atom is 0.286 e. The Hall–Kier alpha value is -0.0000000000000000486. The zero-order valence-electron chi connectivity index (χ0n) is 7.40. The predicted molar refractivity (Wildman–Crippen MR) is 56.9 cm³/mol. The van der Waals surface area contributed by atoms with Gasteiger partial charge in [0.1, 0.15) is 0 Å². The van der Waals surface area contributed by atoms with Crippen LogP contribution in [0.2, 0.25) is 0 Å². The van der Waals surface area contributed by atoms with Crippen LogP contribution in [0, 0.1) is 5.92 Å². The van der Waals surface area contributed by atoms with Crippen molar-refractivity contribution < 1.29 is 8.78 Å². The highest BCUT2D eigenvalue weighted by atomic mass is 79.9. The van der Waals surface area contributed by atoms with Crippen molar-refractivity contribution in [1.29, 1.82) is 0 Å². The third-order valence-electron chi connectivity index (χ3n) is 2.47. The lowest BCUT2D eigenvalue weighted by Gasteiger charge is -2.20. The maximum atomic E-state index is 13.8. The van der Waals surface area contributed by atoms with Crippen molar-refractivity contribution >= 4 is 27.3 Å². The lowest BCUT2D eigenvalue weighted by atomic mass is 9.99. The molecule has 1 aliphatic rings. The van der Waals surface area contributed by atoms with Gasteiger partial charge in [-0.25, -0.2) is 8.78 Å². The van der Waals surface area contributed by atoms with Gasteiger partial charge in [-0.15, -0.1) is 11.3 Å². The molecule has 0 amide bonds. The van der Waals surface area contributed by atoms with E-state index in [2.05, 4.69) is 21.2 Å². The van der Waals surface area contributed by atoms with Crippen LogP contribution in [0.1, 0.15) is 11.3 Å². The Morgan fingerprint density at radius 1 is 1.57 bits per heavy atom. The van der Waals surface area contributed by atoms with E-state index in [-0.39, 0.29) is 4.88 Å². The summed E-state index contributed by atoms with van der Waals surface area (Å²) in [5.41, 5.74) is 0. The minimum Gasteiger partial charge on any atom is -0.316 e. The molecular weight excluding hydrogens is 272 g/mol. The minimum atomic E-state index is -2.68. The summed E-state index contributed by atoms with van der Waals surface area (Å²) in [5.74, 6) is -3.23. The second-order valence-corrected chi connectivity index (χ2v) is 5.27. The molecule has 14 heavy (non-hydrogen) atoms. The van der Waals surface area contributed by atoms with Gasteiger partial charge in [-0.2, -0.15) is 0 Å². The molecule has 1 aliphatic heterocycles. The molecule has 1 N–H and O–H groups in total. The Morgan fingerprint density at radius 3 is 2.86 bits per heavy atom. The van der Waals surface area contributed by atoms with Crippen LogP contribution in [0.25, 0.3) is 0 Å². The van der Waals surface area contributed by atoms with Crippen LogP contribution in [-0.2, 0) is 5.92 Å².